The molecular formula is C12H18N2O6S. The van der Waals surface area contributed by atoms with Crippen molar-refractivity contribution in [2.24, 2.45) is 0 Å². The van der Waals surface area contributed by atoms with Gasteiger partial charge in [0.2, 0.25) is 10.0 Å². The Balaban J connectivity index is 2.91. The van der Waals surface area contributed by atoms with Crippen LogP contribution in [0.5, 0.6) is 0 Å². The molecule has 0 radical (unpaired) electrons. The van der Waals surface area contributed by atoms with Crippen LogP contribution in [0.3, 0.4) is 0 Å². The SMILES string of the molecule is Cc1cc(S(=O)(=O)NCCOCCO)cc([N+](=O)[O-])c1C. The van der Waals surface area contributed by atoms with Gasteiger partial charge in [-0.15, -0.1) is 0 Å². The van der Waals surface area contributed by atoms with Gasteiger partial charge in [-0.1, -0.05) is 0 Å². The summed E-state index contributed by atoms with van der Waals surface area (Å²) in [6, 6.07) is 2.43. The predicted octanol–water partition coefficient (Wildman–Crippen LogP) is 0.499. The second kappa shape index (κ2) is 7.46. The molecule has 0 amide bonds. The number of aliphatic hydroxyl groups excluding tert-OH is 1. The quantitative estimate of drug-likeness (QED) is 0.409. The van der Waals surface area contributed by atoms with Gasteiger partial charge in [0, 0.05) is 18.2 Å². The maximum atomic E-state index is 12.1. The topological polar surface area (TPSA) is 119 Å². The van der Waals surface area contributed by atoms with Gasteiger partial charge in [0.15, 0.2) is 0 Å². The Morgan fingerprint density at radius 3 is 2.57 bits per heavy atom. The molecule has 0 saturated heterocycles. The molecule has 0 aliphatic rings. The van der Waals surface area contributed by atoms with Crippen LogP contribution in [0.2, 0.25) is 0 Å². The van der Waals surface area contributed by atoms with E-state index in [0.29, 0.717) is 11.1 Å². The van der Waals surface area contributed by atoms with Gasteiger partial charge in [-0.05, 0) is 25.5 Å². The first-order chi connectivity index (χ1) is 9.79. The molecule has 0 atom stereocenters. The molecule has 0 aliphatic heterocycles. The molecule has 8 nitrogen and oxygen atoms in total. The molecule has 1 aromatic rings. The first-order valence-electron chi connectivity index (χ1n) is 6.23. The Labute approximate surface area is 122 Å². The fourth-order valence-electron chi connectivity index (χ4n) is 1.65. The Morgan fingerprint density at radius 2 is 2.00 bits per heavy atom. The van der Waals surface area contributed by atoms with Crippen LogP contribution in [-0.2, 0) is 14.8 Å². The van der Waals surface area contributed by atoms with E-state index in [9.17, 15) is 18.5 Å². The number of hydrogen-bond donors (Lipinski definition) is 2. The average molecular weight is 318 g/mol. The first kappa shape index (κ1) is 17.5. The van der Waals surface area contributed by atoms with E-state index in [-0.39, 0.29) is 36.9 Å². The number of ether oxygens (including phenoxy) is 1. The second-order valence-electron chi connectivity index (χ2n) is 4.38. The fraction of sp³-hybridized carbons (Fsp3) is 0.500. The van der Waals surface area contributed by atoms with Crippen LogP contribution in [0.15, 0.2) is 17.0 Å². The van der Waals surface area contributed by atoms with E-state index in [4.69, 9.17) is 9.84 Å². The van der Waals surface area contributed by atoms with Crippen molar-refractivity contribution in [1.29, 1.82) is 0 Å². The van der Waals surface area contributed by atoms with Crippen LogP contribution in [0.4, 0.5) is 5.69 Å². The van der Waals surface area contributed by atoms with Crippen LogP contribution in [0, 0.1) is 24.0 Å². The normalized spacial score (nSPS) is 11.6. The van der Waals surface area contributed by atoms with Crippen molar-refractivity contribution in [2.75, 3.05) is 26.4 Å². The minimum absolute atomic E-state index is 0.0169. The lowest BCUT2D eigenvalue weighted by Gasteiger charge is -2.09. The third-order valence-corrected chi connectivity index (χ3v) is 4.34. The van der Waals surface area contributed by atoms with Crippen molar-refractivity contribution in [1.82, 2.24) is 4.72 Å². The summed E-state index contributed by atoms with van der Waals surface area (Å²) >= 11 is 0. The monoisotopic (exact) mass is 318 g/mol. The van der Waals surface area contributed by atoms with Gasteiger partial charge < -0.3 is 9.84 Å². The Kier molecular flexibility index (Phi) is 6.21. The highest BCUT2D eigenvalue weighted by Gasteiger charge is 2.21. The van der Waals surface area contributed by atoms with Crippen LogP contribution in [-0.4, -0.2) is 44.8 Å². The molecule has 21 heavy (non-hydrogen) atoms. The van der Waals surface area contributed by atoms with E-state index in [2.05, 4.69) is 4.72 Å². The number of nitrogens with zero attached hydrogens (tertiary/aromatic N) is 1. The lowest BCUT2D eigenvalue weighted by molar-refractivity contribution is -0.385. The third kappa shape index (κ3) is 4.74. The van der Waals surface area contributed by atoms with Crippen molar-refractivity contribution in [3.8, 4) is 0 Å². The first-order valence-corrected chi connectivity index (χ1v) is 7.72. The smallest absolute Gasteiger partial charge is 0.273 e. The zero-order valence-corrected chi connectivity index (χ0v) is 12.6. The van der Waals surface area contributed by atoms with Gasteiger partial charge in [0.05, 0.1) is 29.6 Å². The van der Waals surface area contributed by atoms with Crippen molar-refractivity contribution in [3.63, 3.8) is 0 Å². The summed E-state index contributed by atoms with van der Waals surface area (Å²) in [7, 11) is -3.84. The molecular weight excluding hydrogens is 300 g/mol. The van der Waals surface area contributed by atoms with Crippen molar-refractivity contribution < 1.29 is 23.2 Å². The number of sulfonamides is 1. The van der Waals surface area contributed by atoms with E-state index in [1.165, 1.54) is 6.07 Å². The van der Waals surface area contributed by atoms with Crippen LogP contribution in [0.25, 0.3) is 0 Å². The summed E-state index contributed by atoms with van der Waals surface area (Å²) in [4.78, 5) is 10.2. The highest BCUT2D eigenvalue weighted by molar-refractivity contribution is 7.89. The maximum Gasteiger partial charge on any atom is 0.273 e. The number of rotatable bonds is 8. The van der Waals surface area contributed by atoms with Gasteiger partial charge >= 0.3 is 0 Å². The molecule has 0 spiro atoms. The molecule has 118 valence electrons. The molecule has 0 bridgehead atoms. The molecule has 0 saturated carbocycles. The van der Waals surface area contributed by atoms with E-state index in [1.807, 2.05) is 0 Å². The van der Waals surface area contributed by atoms with Gasteiger partial charge in [-0.2, -0.15) is 0 Å². The molecule has 0 unspecified atom stereocenters. The minimum atomic E-state index is -3.84. The predicted molar refractivity (Wildman–Crippen MR) is 75.7 cm³/mol. The minimum Gasteiger partial charge on any atom is -0.394 e. The zero-order valence-electron chi connectivity index (χ0n) is 11.8. The summed E-state index contributed by atoms with van der Waals surface area (Å²) in [5.74, 6) is 0. The van der Waals surface area contributed by atoms with Crippen molar-refractivity contribution in [2.45, 2.75) is 18.7 Å². The van der Waals surface area contributed by atoms with Gasteiger partial charge in [0.25, 0.3) is 5.69 Å². The van der Waals surface area contributed by atoms with E-state index in [1.54, 1.807) is 13.8 Å². The van der Waals surface area contributed by atoms with Crippen LogP contribution < -0.4 is 4.72 Å². The maximum absolute atomic E-state index is 12.1. The number of hydrogen-bond acceptors (Lipinski definition) is 6. The number of nitro benzene ring substituents is 1. The van der Waals surface area contributed by atoms with Crippen molar-refractivity contribution in [3.05, 3.63) is 33.4 Å². The summed E-state index contributed by atoms with van der Waals surface area (Å²) in [6.07, 6.45) is 0. The van der Waals surface area contributed by atoms with E-state index >= 15 is 0 Å². The zero-order chi connectivity index (χ0) is 16.0. The largest absolute Gasteiger partial charge is 0.394 e. The summed E-state index contributed by atoms with van der Waals surface area (Å²) < 4.78 is 31.4. The van der Waals surface area contributed by atoms with Gasteiger partial charge in [-0.3, -0.25) is 10.1 Å². The molecule has 0 aromatic heterocycles. The lowest BCUT2D eigenvalue weighted by atomic mass is 10.1. The molecule has 2 N–H and O–H groups in total. The highest BCUT2D eigenvalue weighted by Crippen LogP contribution is 2.25. The lowest BCUT2D eigenvalue weighted by Crippen LogP contribution is -2.28. The second-order valence-corrected chi connectivity index (χ2v) is 6.14. The summed E-state index contributed by atoms with van der Waals surface area (Å²) in [5.41, 5.74) is 0.734. The van der Waals surface area contributed by atoms with Gasteiger partial charge in [-0.25, -0.2) is 13.1 Å². The van der Waals surface area contributed by atoms with E-state index in [0.717, 1.165) is 6.07 Å². The molecule has 0 fully saturated rings. The van der Waals surface area contributed by atoms with Crippen LogP contribution >= 0.6 is 0 Å². The Morgan fingerprint density at radius 1 is 1.33 bits per heavy atom. The molecule has 1 aromatic carbocycles. The molecule has 0 aliphatic carbocycles. The molecule has 9 heteroatoms. The number of aryl methyl sites for hydroxylation is 1. The summed E-state index contributed by atoms with van der Waals surface area (Å²) in [6.45, 7) is 3.29. The molecule has 0 heterocycles. The van der Waals surface area contributed by atoms with Gasteiger partial charge in [0.1, 0.15) is 0 Å². The van der Waals surface area contributed by atoms with Crippen LogP contribution in [0.1, 0.15) is 11.1 Å². The third-order valence-electron chi connectivity index (χ3n) is 2.89. The fourth-order valence-corrected chi connectivity index (χ4v) is 2.77. The number of nitrogens with one attached hydrogen (secondary N) is 1. The standard InChI is InChI=1S/C12H18N2O6S/c1-9-7-11(8-12(10(9)2)14(16)17)21(18,19)13-3-5-20-6-4-15/h7-8,13,15H,3-6H2,1-2H3. The molecule has 1 rings (SSSR count). The average Bonchev–Trinajstić information content (AvgIpc) is 2.40. The van der Waals surface area contributed by atoms with Crippen molar-refractivity contribution >= 4 is 15.7 Å². The summed E-state index contributed by atoms with van der Waals surface area (Å²) in [5, 5.41) is 19.4. The highest BCUT2D eigenvalue weighted by atomic mass is 32.2. The number of benzene rings is 1. The Hall–Kier alpha value is -1.55. The number of aliphatic hydroxyl groups is 1. The Bertz CT molecular complexity index is 614. The van der Waals surface area contributed by atoms with E-state index < -0.39 is 14.9 Å². The number of nitro groups is 1.